The van der Waals surface area contributed by atoms with Gasteiger partial charge in [0.1, 0.15) is 0 Å². The molecule has 9 nitrogen and oxygen atoms in total. The lowest BCUT2D eigenvalue weighted by atomic mass is 10.2. The number of anilines is 1. The molecule has 0 aliphatic carbocycles. The van der Waals surface area contributed by atoms with Gasteiger partial charge in [-0.1, -0.05) is 49.2 Å². The van der Waals surface area contributed by atoms with Crippen LogP contribution in [-0.2, 0) is 27.9 Å². The van der Waals surface area contributed by atoms with E-state index >= 15 is 0 Å². The van der Waals surface area contributed by atoms with E-state index in [1.807, 2.05) is 6.92 Å². The SMILES string of the molecule is C=CCN(c1ccccc1)S(=O)(=O)c1ccc(Cl)c(C(=O)OCc2nnnn2CCCC)c1. The van der Waals surface area contributed by atoms with Crippen LogP contribution in [0.2, 0.25) is 5.02 Å². The smallest absolute Gasteiger partial charge is 0.340 e. The van der Waals surface area contributed by atoms with E-state index in [4.69, 9.17) is 16.3 Å². The highest BCUT2D eigenvalue weighted by molar-refractivity contribution is 7.92. The summed E-state index contributed by atoms with van der Waals surface area (Å²) in [6.45, 7) is 6.17. The topological polar surface area (TPSA) is 107 Å². The Morgan fingerprint density at radius 3 is 2.70 bits per heavy atom. The van der Waals surface area contributed by atoms with Crippen molar-refractivity contribution >= 4 is 33.3 Å². The average molecular weight is 490 g/mol. The lowest BCUT2D eigenvalue weighted by molar-refractivity contribution is 0.0456. The quantitative estimate of drug-likeness (QED) is 0.297. The van der Waals surface area contributed by atoms with Crippen molar-refractivity contribution in [3.63, 3.8) is 0 Å². The van der Waals surface area contributed by atoms with E-state index in [1.165, 1.54) is 28.6 Å². The third-order valence-electron chi connectivity index (χ3n) is 4.75. The molecule has 174 valence electrons. The number of carbonyl (C=O) groups is 1. The second-order valence-electron chi connectivity index (χ2n) is 7.05. The molecule has 1 heterocycles. The molecule has 3 rings (SSSR count). The van der Waals surface area contributed by atoms with Gasteiger partial charge in [-0.05, 0) is 47.2 Å². The minimum absolute atomic E-state index is 0.0508. The Balaban J connectivity index is 1.84. The number of halogens is 1. The summed E-state index contributed by atoms with van der Waals surface area (Å²) in [6, 6.07) is 12.5. The molecule has 0 radical (unpaired) electrons. The molecule has 0 unspecified atom stereocenters. The first-order valence-electron chi connectivity index (χ1n) is 10.3. The monoisotopic (exact) mass is 489 g/mol. The number of nitrogens with zero attached hydrogens (tertiary/aromatic N) is 5. The number of benzene rings is 2. The van der Waals surface area contributed by atoms with E-state index in [9.17, 15) is 13.2 Å². The van der Waals surface area contributed by atoms with E-state index < -0.39 is 16.0 Å². The minimum atomic E-state index is -4.00. The van der Waals surface area contributed by atoms with Crippen LogP contribution >= 0.6 is 11.6 Å². The lowest BCUT2D eigenvalue weighted by Gasteiger charge is -2.23. The first-order chi connectivity index (χ1) is 15.9. The number of ether oxygens (including phenoxy) is 1. The minimum Gasteiger partial charge on any atom is -0.454 e. The van der Waals surface area contributed by atoms with Crippen LogP contribution in [0.3, 0.4) is 0 Å². The fraction of sp³-hybridized carbons (Fsp3) is 0.273. The highest BCUT2D eigenvalue weighted by Crippen LogP contribution is 2.27. The first-order valence-corrected chi connectivity index (χ1v) is 12.1. The maximum absolute atomic E-state index is 13.4. The van der Waals surface area contributed by atoms with Crippen molar-refractivity contribution in [1.29, 1.82) is 0 Å². The van der Waals surface area contributed by atoms with Crippen molar-refractivity contribution in [3.8, 4) is 0 Å². The first kappa shape index (κ1) is 24.4. The molecular formula is C22H24ClN5O4S. The van der Waals surface area contributed by atoms with Crippen LogP contribution < -0.4 is 4.31 Å². The second-order valence-corrected chi connectivity index (χ2v) is 9.32. The van der Waals surface area contributed by atoms with Gasteiger partial charge in [0.25, 0.3) is 10.0 Å². The number of sulfonamides is 1. The van der Waals surface area contributed by atoms with Gasteiger partial charge in [-0.3, -0.25) is 4.31 Å². The number of tetrazole rings is 1. The third kappa shape index (κ3) is 5.77. The zero-order chi connectivity index (χ0) is 23.8. The molecule has 0 spiro atoms. The zero-order valence-corrected chi connectivity index (χ0v) is 19.7. The van der Waals surface area contributed by atoms with E-state index in [-0.39, 0.29) is 28.6 Å². The van der Waals surface area contributed by atoms with Crippen molar-refractivity contribution in [2.75, 3.05) is 10.8 Å². The van der Waals surface area contributed by atoms with Gasteiger partial charge in [0.15, 0.2) is 12.4 Å². The van der Waals surface area contributed by atoms with Crippen LogP contribution in [0.25, 0.3) is 0 Å². The van der Waals surface area contributed by atoms with E-state index in [1.54, 1.807) is 35.0 Å². The third-order valence-corrected chi connectivity index (χ3v) is 6.87. The number of para-hydroxylation sites is 1. The van der Waals surface area contributed by atoms with E-state index in [2.05, 4.69) is 22.1 Å². The van der Waals surface area contributed by atoms with Gasteiger partial charge in [-0.2, -0.15) is 0 Å². The van der Waals surface area contributed by atoms with Crippen LogP contribution in [0.5, 0.6) is 0 Å². The molecule has 33 heavy (non-hydrogen) atoms. The van der Waals surface area contributed by atoms with Crippen LogP contribution in [0.1, 0.15) is 35.9 Å². The molecule has 0 amide bonds. The molecule has 1 aromatic heterocycles. The number of hydrogen-bond acceptors (Lipinski definition) is 7. The van der Waals surface area contributed by atoms with Gasteiger partial charge in [-0.15, -0.1) is 11.7 Å². The van der Waals surface area contributed by atoms with Gasteiger partial charge < -0.3 is 4.74 Å². The van der Waals surface area contributed by atoms with Gasteiger partial charge in [0, 0.05) is 6.54 Å². The Kier molecular flexibility index (Phi) is 8.18. The Morgan fingerprint density at radius 1 is 1.24 bits per heavy atom. The number of hydrogen-bond donors (Lipinski definition) is 0. The molecule has 0 atom stereocenters. The lowest BCUT2D eigenvalue weighted by Crippen LogP contribution is -2.31. The molecule has 0 aliphatic heterocycles. The Morgan fingerprint density at radius 2 is 2.00 bits per heavy atom. The average Bonchev–Trinajstić information content (AvgIpc) is 3.27. The van der Waals surface area contributed by atoms with Crippen LogP contribution in [0.4, 0.5) is 5.69 Å². The predicted molar refractivity (Wildman–Crippen MR) is 124 cm³/mol. The van der Waals surface area contributed by atoms with Crippen LogP contribution in [0.15, 0.2) is 66.1 Å². The highest BCUT2D eigenvalue weighted by Gasteiger charge is 2.26. The molecule has 3 aromatic rings. The van der Waals surface area contributed by atoms with Crippen LogP contribution in [0, 0.1) is 0 Å². The maximum Gasteiger partial charge on any atom is 0.340 e. The molecule has 0 saturated carbocycles. The molecular weight excluding hydrogens is 466 g/mol. The van der Waals surface area contributed by atoms with Crippen molar-refractivity contribution in [3.05, 3.63) is 77.6 Å². The normalized spacial score (nSPS) is 11.2. The summed E-state index contributed by atoms with van der Waals surface area (Å²) >= 11 is 6.19. The number of esters is 1. The highest BCUT2D eigenvalue weighted by atomic mass is 35.5. The zero-order valence-electron chi connectivity index (χ0n) is 18.1. The van der Waals surface area contributed by atoms with E-state index in [0.29, 0.717) is 18.1 Å². The van der Waals surface area contributed by atoms with E-state index in [0.717, 1.165) is 12.8 Å². The summed E-state index contributed by atoms with van der Waals surface area (Å²) in [5, 5.41) is 11.4. The number of aryl methyl sites for hydroxylation is 1. The molecule has 0 saturated heterocycles. The van der Waals surface area contributed by atoms with Gasteiger partial charge in [-0.25, -0.2) is 17.9 Å². The molecule has 0 fully saturated rings. The number of carbonyl (C=O) groups excluding carboxylic acids is 1. The van der Waals surface area contributed by atoms with Crippen molar-refractivity contribution in [2.45, 2.75) is 37.8 Å². The largest absolute Gasteiger partial charge is 0.454 e. The summed E-state index contributed by atoms with van der Waals surface area (Å²) in [5.74, 6) is -0.394. The number of aromatic nitrogens is 4. The fourth-order valence-electron chi connectivity index (χ4n) is 3.02. The molecule has 2 aromatic carbocycles. The summed E-state index contributed by atoms with van der Waals surface area (Å²) in [5.41, 5.74) is 0.396. The van der Waals surface area contributed by atoms with Gasteiger partial charge in [0.2, 0.25) is 0 Å². The van der Waals surface area contributed by atoms with Gasteiger partial charge >= 0.3 is 5.97 Å². The number of rotatable bonds is 11. The predicted octanol–water partition coefficient (Wildman–Crippen LogP) is 3.86. The summed E-state index contributed by atoms with van der Waals surface area (Å²) in [4.78, 5) is 12.6. The fourth-order valence-corrected chi connectivity index (χ4v) is 4.68. The van der Waals surface area contributed by atoms with Gasteiger partial charge in [0.05, 0.1) is 27.7 Å². The molecule has 0 bridgehead atoms. The molecule has 0 aliphatic rings. The summed E-state index contributed by atoms with van der Waals surface area (Å²) in [7, 11) is -4.00. The Bertz CT molecular complexity index is 1210. The van der Waals surface area contributed by atoms with Crippen LogP contribution in [-0.4, -0.2) is 41.1 Å². The summed E-state index contributed by atoms with van der Waals surface area (Å²) in [6.07, 6.45) is 3.32. The standard InChI is InChI=1S/C22H24ClN5O4S/c1-3-5-14-27-21(24-25-26-27)16-32-22(29)19-15-18(11-12-20(19)23)33(30,31)28(13-4-2)17-9-7-6-8-10-17/h4,6-12,15H,2-3,5,13-14,16H2,1H3. The Hall–Kier alpha value is -3.24. The Labute approximate surface area is 197 Å². The van der Waals surface area contributed by atoms with Crippen molar-refractivity contribution in [2.24, 2.45) is 0 Å². The number of unbranched alkanes of at least 4 members (excludes halogenated alkanes) is 1. The van der Waals surface area contributed by atoms with Crippen molar-refractivity contribution < 1.29 is 17.9 Å². The second kappa shape index (κ2) is 11.1. The molecule has 11 heteroatoms. The maximum atomic E-state index is 13.4. The summed E-state index contributed by atoms with van der Waals surface area (Å²) < 4.78 is 34.8. The van der Waals surface area contributed by atoms with Crippen molar-refractivity contribution in [1.82, 2.24) is 20.2 Å². The molecule has 0 N–H and O–H groups in total.